The molecule has 2 aromatic heterocycles. The van der Waals surface area contributed by atoms with Crippen molar-refractivity contribution in [3.05, 3.63) is 88.2 Å². The van der Waals surface area contributed by atoms with Crippen LogP contribution in [-0.2, 0) is 32.6 Å². The Bertz CT molecular complexity index is 1530. The largest absolute Gasteiger partial charge is 0.434 e. The predicted octanol–water partition coefficient (Wildman–Crippen LogP) is 7.26. The van der Waals surface area contributed by atoms with E-state index in [9.17, 15) is 18.4 Å². The number of rotatable bonds is 6. The lowest BCUT2D eigenvalue weighted by Gasteiger charge is -2.18. The number of nitrogens with zero attached hydrogens (tertiary/aromatic N) is 4. The third kappa shape index (κ3) is 4.76. The van der Waals surface area contributed by atoms with Crippen LogP contribution in [0.15, 0.2) is 54.7 Å². The number of benzene rings is 2. The second-order valence-corrected chi connectivity index (χ2v) is 9.96. The molecule has 0 fully saturated rings. The molecule has 0 saturated heterocycles. The quantitative estimate of drug-likeness (QED) is 0.293. The van der Waals surface area contributed by atoms with Gasteiger partial charge in [0.15, 0.2) is 5.69 Å². The summed E-state index contributed by atoms with van der Waals surface area (Å²) < 4.78 is 40.6. The summed E-state index contributed by atoms with van der Waals surface area (Å²) in [6, 6.07) is 17.8. The van der Waals surface area contributed by atoms with Gasteiger partial charge >= 0.3 is 6.18 Å². The summed E-state index contributed by atoms with van der Waals surface area (Å²) >= 11 is 0. The molecule has 1 N–H and O–H groups in total. The average Bonchev–Trinajstić information content (AvgIpc) is 3.54. The third-order valence-electron chi connectivity index (χ3n) is 7.05. The zero-order chi connectivity index (χ0) is 27.0. The van der Waals surface area contributed by atoms with E-state index in [1.165, 1.54) is 4.57 Å². The highest BCUT2D eigenvalue weighted by atomic mass is 19.4. The summed E-state index contributed by atoms with van der Waals surface area (Å²) in [6.07, 6.45) is -0.788. The zero-order valence-electron chi connectivity index (χ0n) is 21.5. The van der Waals surface area contributed by atoms with E-state index in [0.717, 1.165) is 59.1 Å². The van der Waals surface area contributed by atoms with Gasteiger partial charge in [0.05, 0.1) is 11.3 Å². The molecule has 0 aliphatic heterocycles. The Morgan fingerprint density at radius 2 is 1.74 bits per heavy atom. The number of fused-ring (bicyclic) bond motifs is 1. The number of imidazole rings is 1. The van der Waals surface area contributed by atoms with Gasteiger partial charge in [0.25, 0.3) is 0 Å². The van der Waals surface area contributed by atoms with E-state index in [-0.39, 0.29) is 11.7 Å². The van der Waals surface area contributed by atoms with Crippen molar-refractivity contribution >= 4 is 5.82 Å². The summed E-state index contributed by atoms with van der Waals surface area (Å²) in [4.78, 5) is 8.77. The molecular formula is C30H28F3N5. The van der Waals surface area contributed by atoms with Crippen LogP contribution in [0.1, 0.15) is 59.7 Å². The number of anilines is 1. The van der Waals surface area contributed by atoms with Gasteiger partial charge in [0, 0.05) is 30.9 Å². The minimum Gasteiger partial charge on any atom is -0.366 e. The number of alkyl halides is 3. The van der Waals surface area contributed by atoms with Crippen LogP contribution in [0.3, 0.4) is 0 Å². The minimum absolute atomic E-state index is 0.261. The van der Waals surface area contributed by atoms with Gasteiger partial charge in [-0.2, -0.15) is 18.4 Å². The van der Waals surface area contributed by atoms with Crippen LogP contribution in [0.25, 0.3) is 22.6 Å². The summed E-state index contributed by atoms with van der Waals surface area (Å²) in [6.45, 7) is 4.76. The van der Waals surface area contributed by atoms with E-state index < -0.39 is 11.9 Å². The van der Waals surface area contributed by atoms with Gasteiger partial charge in [0.1, 0.15) is 17.7 Å². The highest BCUT2D eigenvalue weighted by Crippen LogP contribution is 2.38. The monoisotopic (exact) mass is 515 g/mol. The van der Waals surface area contributed by atoms with E-state index in [1.54, 1.807) is 19.2 Å². The Labute approximate surface area is 220 Å². The molecule has 0 amide bonds. The lowest BCUT2D eigenvalue weighted by molar-refractivity contribution is -0.140. The maximum absolute atomic E-state index is 13.1. The standard InChI is InChI=1S/C30H28F3N5/c1-18(2)21-7-4-5-8-23(21)27-25(15-34)22-9-6-10-24(22)28(37-27)35-16-19-11-13-20(14-12-19)29-36-26(17-38(29)3)30(31,32)33/h4-5,7-8,11-14,17-18H,6,9-10,16H2,1-3H3,(H,35,37). The Kier molecular flexibility index (Phi) is 6.70. The molecule has 1 aliphatic rings. The fourth-order valence-electron chi connectivity index (χ4n) is 5.17. The van der Waals surface area contributed by atoms with Gasteiger partial charge in [-0.05, 0) is 47.4 Å². The predicted molar refractivity (Wildman–Crippen MR) is 141 cm³/mol. The molecule has 0 radical (unpaired) electrons. The maximum atomic E-state index is 13.1. The maximum Gasteiger partial charge on any atom is 0.434 e. The number of halogens is 3. The van der Waals surface area contributed by atoms with Crippen LogP contribution in [-0.4, -0.2) is 14.5 Å². The second-order valence-electron chi connectivity index (χ2n) is 9.96. The molecule has 2 heterocycles. The van der Waals surface area contributed by atoms with Crippen molar-refractivity contribution in [3.63, 3.8) is 0 Å². The second kappa shape index (κ2) is 9.97. The molecule has 5 nitrogen and oxygen atoms in total. The topological polar surface area (TPSA) is 66.5 Å². The molecule has 0 saturated carbocycles. The summed E-state index contributed by atoms with van der Waals surface area (Å²) in [5.74, 6) is 1.33. The molecule has 0 bridgehead atoms. The van der Waals surface area contributed by atoms with Crippen molar-refractivity contribution in [3.8, 4) is 28.7 Å². The molecule has 194 valence electrons. The average molecular weight is 516 g/mol. The van der Waals surface area contributed by atoms with Gasteiger partial charge in [-0.1, -0.05) is 62.4 Å². The molecule has 0 atom stereocenters. The molecule has 0 unspecified atom stereocenters. The van der Waals surface area contributed by atoms with Crippen LogP contribution < -0.4 is 5.32 Å². The van der Waals surface area contributed by atoms with E-state index >= 15 is 0 Å². The summed E-state index contributed by atoms with van der Waals surface area (Å²) in [7, 11) is 1.55. The van der Waals surface area contributed by atoms with Crippen molar-refractivity contribution in [2.24, 2.45) is 7.05 Å². The SMILES string of the molecule is CC(C)c1ccccc1-c1nc(NCc2ccc(-c3nc(C(F)(F)F)cn3C)cc2)c2c(c1C#N)CCC2. The van der Waals surface area contributed by atoms with Crippen molar-refractivity contribution in [2.45, 2.75) is 51.7 Å². The molecule has 8 heteroatoms. The van der Waals surface area contributed by atoms with E-state index in [4.69, 9.17) is 4.98 Å². The fraction of sp³-hybridized carbons (Fsp3) is 0.300. The first kappa shape index (κ1) is 25.5. The molecule has 2 aromatic carbocycles. The van der Waals surface area contributed by atoms with Gasteiger partial charge in [-0.3, -0.25) is 0 Å². The number of nitriles is 1. The van der Waals surface area contributed by atoms with E-state index in [0.29, 0.717) is 23.4 Å². The molecule has 0 spiro atoms. The van der Waals surface area contributed by atoms with Crippen molar-refractivity contribution in [1.82, 2.24) is 14.5 Å². The highest BCUT2D eigenvalue weighted by Gasteiger charge is 2.34. The zero-order valence-corrected chi connectivity index (χ0v) is 21.5. The van der Waals surface area contributed by atoms with Gasteiger partial charge < -0.3 is 9.88 Å². The molecule has 5 rings (SSSR count). The molecular weight excluding hydrogens is 487 g/mol. The van der Waals surface area contributed by atoms with Crippen LogP contribution >= 0.6 is 0 Å². The third-order valence-corrected chi connectivity index (χ3v) is 7.05. The lowest BCUT2D eigenvalue weighted by atomic mass is 9.91. The Morgan fingerprint density at radius 3 is 2.39 bits per heavy atom. The van der Waals surface area contributed by atoms with E-state index in [1.807, 2.05) is 30.3 Å². The summed E-state index contributed by atoms with van der Waals surface area (Å²) in [5, 5.41) is 13.6. The number of pyridine rings is 1. The Morgan fingerprint density at radius 1 is 1.03 bits per heavy atom. The number of hydrogen-bond donors (Lipinski definition) is 1. The van der Waals surface area contributed by atoms with Gasteiger partial charge in [-0.15, -0.1) is 0 Å². The smallest absolute Gasteiger partial charge is 0.366 e. The first-order chi connectivity index (χ1) is 18.2. The number of hydrogen-bond acceptors (Lipinski definition) is 4. The molecule has 4 aromatic rings. The lowest BCUT2D eigenvalue weighted by Crippen LogP contribution is -2.08. The molecule has 38 heavy (non-hydrogen) atoms. The fourth-order valence-corrected chi connectivity index (χ4v) is 5.17. The first-order valence-electron chi connectivity index (χ1n) is 12.7. The van der Waals surface area contributed by atoms with E-state index in [2.05, 4.69) is 36.3 Å². The highest BCUT2D eigenvalue weighted by molar-refractivity contribution is 5.76. The Hall–Kier alpha value is -4.12. The molecule has 1 aliphatic carbocycles. The van der Waals surface area contributed by atoms with Crippen LogP contribution in [0, 0.1) is 11.3 Å². The number of aryl methyl sites for hydroxylation is 1. The van der Waals surface area contributed by atoms with Crippen molar-refractivity contribution < 1.29 is 13.2 Å². The summed E-state index contributed by atoms with van der Waals surface area (Å²) in [5.41, 5.74) is 6.34. The minimum atomic E-state index is -4.48. The number of nitrogens with one attached hydrogen (secondary N) is 1. The van der Waals surface area contributed by atoms with Crippen LogP contribution in [0.5, 0.6) is 0 Å². The normalized spacial score (nSPS) is 13.0. The van der Waals surface area contributed by atoms with Crippen LogP contribution in [0.4, 0.5) is 19.0 Å². The Balaban J connectivity index is 1.44. The van der Waals surface area contributed by atoms with Crippen molar-refractivity contribution in [2.75, 3.05) is 5.32 Å². The van der Waals surface area contributed by atoms with Gasteiger partial charge in [0.2, 0.25) is 0 Å². The van der Waals surface area contributed by atoms with Gasteiger partial charge in [-0.25, -0.2) is 9.97 Å². The van der Waals surface area contributed by atoms with Crippen molar-refractivity contribution in [1.29, 1.82) is 5.26 Å². The first-order valence-corrected chi connectivity index (χ1v) is 12.7. The number of aromatic nitrogens is 3. The van der Waals surface area contributed by atoms with Crippen LogP contribution in [0.2, 0.25) is 0 Å².